The SMILES string of the molecule is C=CCNC(=O)CSc1nnnn1CCNCCOC. The zero-order valence-electron chi connectivity index (χ0n) is 11.5. The van der Waals surface area contributed by atoms with Gasteiger partial charge in [0.15, 0.2) is 0 Å². The van der Waals surface area contributed by atoms with Crippen LogP contribution in [0.3, 0.4) is 0 Å². The van der Waals surface area contributed by atoms with Gasteiger partial charge in [-0.2, -0.15) is 0 Å². The summed E-state index contributed by atoms with van der Waals surface area (Å²) in [7, 11) is 1.66. The number of hydrogen-bond donors (Lipinski definition) is 2. The molecule has 0 aliphatic carbocycles. The maximum Gasteiger partial charge on any atom is 0.230 e. The third-order valence-electron chi connectivity index (χ3n) is 2.26. The second-order valence-corrected chi connectivity index (χ2v) is 4.75. The molecule has 20 heavy (non-hydrogen) atoms. The molecule has 0 bridgehead atoms. The molecule has 0 unspecified atom stereocenters. The van der Waals surface area contributed by atoms with Crippen LogP contribution in [0, 0.1) is 0 Å². The lowest BCUT2D eigenvalue weighted by molar-refractivity contribution is -0.118. The molecule has 0 aliphatic rings. The van der Waals surface area contributed by atoms with Crippen LogP contribution >= 0.6 is 11.8 Å². The van der Waals surface area contributed by atoms with Crippen molar-refractivity contribution in [3.63, 3.8) is 0 Å². The summed E-state index contributed by atoms with van der Waals surface area (Å²) in [6.45, 7) is 6.84. The summed E-state index contributed by atoms with van der Waals surface area (Å²) < 4.78 is 6.61. The molecule has 1 heterocycles. The number of thioether (sulfide) groups is 1. The van der Waals surface area contributed by atoms with Gasteiger partial charge in [0, 0.05) is 26.7 Å². The minimum absolute atomic E-state index is 0.0670. The Morgan fingerprint density at radius 3 is 3.15 bits per heavy atom. The van der Waals surface area contributed by atoms with E-state index in [-0.39, 0.29) is 11.7 Å². The number of nitrogens with one attached hydrogen (secondary N) is 2. The van der Waals surface area contributed by atoms with Crippen molar-refractivity contribution in [2.45, 2.75) is 11.7 Å². The Kier molecular flexibility index (Phi) is 8.59. The molecule has 0 spiro atoms. The Bertz CT molecular complexity index is 411. The fourth-order valence-corrected chi connectivity index (χ4v) is 2.02. The first-order chi connectivity index (χ1) is 9.77. The van der Waals surface area contributed by atoms with Gasteiger partial charge in [0.05, 0.1) is 18.9 Å². The van der Waals surface area contributed by atoms with Crippen LogP contribution in [-0.2, 0) is 16.1 Å². The number of methoxy groups -OCH3 is 1. The average molecular weight is 300 g/mol. The van der Waals surface area contributed by atoms with Crippen LogP contribution in [0.15, 0.2) is 17.8 Å². The highest BCUT2D eigenvalue weighted by Crippen LogP contribution is 2.12. The molecule has 0 aromatic carbocycles. The van der Waals surface area contributed by atoms with Crippen LogP contribution in [0.25, 0.3) is 0 Å². The van der Waals surface area contributed by atoms with Crippen LogP contribution in [0.2, 0.25) is 0 Å². The summed E-state index contributed by atoms with van der Waals surface area (Å²) in [6, 6.07) is 0. The first kappa shape index (κ1) is 16.6. The van der Waals surface area contributed by atoms with Gasteiger partial charge >= 0.3 is 0 Å². The van der Waals surface area contributed by atoms with Crippen molar-refractivity contribution in [1.29, 1.82) is 0 Å². The standard InChI is InChI=1S/C11H20N6O2S/c1-3-4-13-10(18)9-20-11-14-15-16-17(11)7-5-12-6-8-19-2/h3,12H,1,4-9H2,2H3,(H,13,18). The number of carbonyl (C=O) groups excluding carboxylic acids is 1. The van der Waals surface area contributed by atoms with E-state index in [0.29, 0.717) is 24.9 Å². The van der Waals surface area contributed by atoms with Gasteiger partial charge < -0.3 is 15.4 Å². The van der Waals surface area contributed by atoms with Crippen LogP contribution in [0.5, 0.6) is 0 Å². The Morgan fingerprint density at radius 2 is 2.40 bits per heavy atom. The van der Waals surface area contributed by atoms with Crippen LogP contribution in [0.4, 0.5) is 0 Å². The van der Waals surface area contributed by atoms with Crippen molar-refractivity contribution >= 4 is 17.7 Å². The molecule has 2 N–H and O–H groups in total. The predicted octanol–water partition coefficient (Wildman–Crippen LogP) is -0.697. The van der Waals surface area contributed by atoms with Crippen LogP contribution in [0.1, 0.15) is 0 Å². The number of hydrogen-bond acceptors (Lipinski definition) is 7. The van der Waals surface area contributed by atoms with Gasteiger partial charge in [-0.05, 0) is 10.4 Å². The molecule has 1 aromatic rings. The van der Waals surface area contributed by atoms with E-state index >= 15 is 0 Å². The van der Waals surface area contributed by atoms with Gasteiger partial charge in [0.1, 0.15) is 0 Å². The topological polar surface area (TPSA) is 94.0 Å². The number of carbonyl (C=O) groups is 1. The third kappa shape index (κ3) is 6.64. The van der Waals surface area contributed by atoms with E-state index in [1.807, 2.05) is 0 Å². The molecule has 9 heteroatoms. The molecule has 1 aromatic heterocycles. The summed E-state index contributed by atoms with van der Waals surface area (Å²) in [6.07, 6.45) is 1.64. The molecule has 8 nitrogen and oxygen atoms in total. The molecule has 1 amide bonds. The largest absolute Gasteiger partial charge is 0.383 e. The summed E-state index contributed by atoms with van der Waals surface area (Å²) in [5, 5.41) is 17.9. The Balaban J connectivity index is 2.27. The highest BCUT2D eigenvalue weighted by atomic mass is 32.2. The van der Waals surface area contributed by atoms with E-state index in [9.17, 15) is 4.79 Å². The molecule has 0 aliphatic heterocycles. The summed E-state index contributed by atoms with van der Waals surface area (Å²) >= 11 is 1.31. The lowest BCUT2D eigenvalue weighted by Crippen LogP contribution is -2.26. The van der Waals surface area contributed by atoms with Gasteiger partial charge in [-0.15, -0.1) is 11.7 Å². The molecular weight excluding hydrogens is 280 g/mol. The second kappa shape index (κ2) is 10.4. The highest BCUT2D eigenvalue weighted by molar-refractivity contribution is 7.99. The third-order valence-corrected chi connectivity index (χ3v) is 3.22. The normalized spacial score (nSPS) is 10.4. The van der Waals surface area contributed by atoms with Gasteiger partial charge in [-0.1, -0.05) is 17.8 Å². The maximum atomic E-state index is 11.5. The van der Waals surface area contributed by atoms with E-state index in [4.69, 9.17) is 4.74 Å². The molecule has 1 rings (SSSR count). The monoisotopic (exact) mass is 300 g/mol. The van der Waals surface area contributed by atoms with Crippen molar-refractivity contribution in [3.05, 3.63) is 12.7 Å². The molecule has 0 saturated heterocycles. The lowest BCUT2D eigenvalue weighted by Gasteiger charge is -2.06. The number of tetrazole rings is 1. The molecule has 0 radical (unpaired) electrons. The van der Waals surface area contributed by atoms with E-state index in [1.54, 1.807) is 17.9 Å². The molecule has 0 saturated carbocycles. The van der Waals surface area contributed by atoms with Crippen molar-refractivity contribution in [1.82, 2.24) is 30.8 Å². The highest BCUT2D eigenvalue weighted by Gasteiger charge is 2.09. The minimum Gasteiger partial charge on any atom is -0.383 e. The van der Waals surface area contributed by atoms with Gasteiger partial charge in [-0.3, -0.25) is 4.79 Å². The number of rotatable bonds is 11. The second-order valence-electron chi connectivity index (χ2n) is 3.81. The van der Waals surface area contributed by atoms with Crippen molar-refractivity contribution in [3.8, 4) is 0 Å². The van der Waals surface area contributed by atoms with Gasteiger partial charge in [0.25, 0.3) is 0 Å². The zero-order valence-corrected chi connectivity index (χ0v) is 12.4. The van der Waals surface area contributed by atoms with Crippen molar-refractivity contribution < 1.29 is 9.53 Å². The molecule has 0 fully saturated rings. The van der Waals surface area contributed by atoms with Crippen LogP contribution in [-0.4, -0.2) is 65.2 Å². The number of nitrogens with zero attached hydrogens (tertiary/aromatic N) is 4. The lowest BCUT2D eigenvalue weighted by atomic mass is 10.6. The Labute approximate surface area is 122 Å². The van der Waals surface area contributed by atoms with Gasteiger partial charge in [-0.25, -0.2) is 4.68 Å². The van der Waals surface area contributed by atoms with E-state index in [2.05, 4.69) is 32.7 Å². The number of aromatic nitrogens is 4. The fraction of sp³-hybridized carbons (Fsp3) is 0.636. The summed E-state index contributed by atoms with van der Waals surface area (Å²) in [5.41, 5.74) is 0. The average Bonchev–Trinajstić information content (AvgIpc) is 2.90. The van der Waals surface area contributed by atoms with E-state index in [0.717, 1.165) is 13.1 Å². The quantitative estimate of drug-likeness (QED) is 0.317. The van der Waals surface area contributed by atoms with Crippen LogP contribution < -0.4 is 10.6 Å². The zero-order chi connectivity index (χ0) is 14.6. The van der Waals surface area contributed by atoms with E-state index < -0.39 is 0 Å². The summed E-state index contributed by atoms with van der Waals surface area (Å²) in [5.74, 6) is 0.216. The Morgan fingerprint density at radius 1 is 1.55 bits per heavy atom. The first-order valence-electron chi connectivity index (χ1n) is 6.24. The fourth-order valence-electron chi connectivity index (χ4n) is 1.29. The van der Waals surface area contributed by atoms with Gasteiger partial charge in [0.2, 0.25) is 11.1 Å². The van der Waals surface area contributed by atoms with Crippen molar-refractivity contribution in [2.24, 2.45) is 0 Å². The Hall–Kier alpha value is -1.45. The predicted molar refractivity (Wildman–Crippen MR) is 76.5 cm³/mol. The maximum absolute atomic E-state index is 11.5. The summed E-state index contributed by atoms with van der Waals surface area (Å²) in [4.78, 5) is 11.5. The molecule has 0 atom stereocenters. The number of ether oxygens (including phenoxy) is 1. The molecule has 112 valence electrons. The van der Waals surface area contributed by atoms with Crippen molar-refractivity contribution in [2.75, 3.05) is 39.1 Å². The first-order valence-corrected chi connectivity index (χ1v) is 7.22. The molecular formula is C11H20N6O2S. The number of amides is 1. The van der Waals surface area contributed by atoms with E-state index in [1.165, 1.54) is 11.8 Å². The smallest absolute Gasteiger partial charge is 0.230 e. The minimum atomic E-state index is -0.0670.